The lowest BCUT2D eigenvalue weighted by Crippen LogP contribution is -2.34. The van der Waals surface area contributed by atoms with Gasteiger partial charge in [0.2, 0.25) is 0 Å². The summed E-state index contributed by atoms with van der Waals surface area (Å²) in [7, 11) is 1.43. The lowest BCUT2D eigenvalue weighted by molar-refractivity contribution is 0.0975. The Bertz CT molecular complexity index is 984. The van der Waals surface area contributed by atoms with Gasteiger partial charge in [-0.2, -0.15) is 0 Å². The standard InChI is InChI=1S/C19H19Cl2N3O3S2/c1-8-3-4-10-13(5-8)29-18(14(10)16(22)25)24-19(28)23-17(26)9-6-11(20)15(27-2)12(21)7-9/h6-8H,3-5H2,1-2H3,(H2,22,25)(H2,23,24,26,28)/t8-/m1/s1. The first-order valence-corrected chi connectivity index (χ1v) is 10.8. The third-order valence-corrected chi connectivity index (χ3v) is 6.61. The van der Waals surface area contributed by atoms with Crippen LogP contribution >= 0.6 is 46.8 Å². The van der Waals surface area contributed by atoms with Crippen molar-refractivity contribution in [3.8, 4) is 5.75 Å². The van der Waals surface area contributed by atoms with Crippen molar-refractivity contribution in [3.05, 3.63) is 43.7 Å². The number of thiophene rings is 1. The third-order valence-electron chi connectivity index (χ3n) is 4.68. The summed E-state index contributed by atoms with van der Waals surface area (Å²) in [5.74, 6) is -0.173. The molecule has 1 aliphatic rings. The number of halogens is 2. The summed E-state index contributed by atoms with van der Waals surface area (Å²) in [6.07, 6.45) is 2.70. The number of anilines is 1. The van der Waals surface area contributed by atoms with Gasteiger partial charge in [0.15, 0.2) is 10.9 Å². The zero-order valence-electron chi connectivity index (χ0n) is 15.7. The molecular weight excluding hydrogens is 453 g/mol. The van der Waals surface area contributed by atoms with Crippen molar-refractivity contribution < 1.29 is 14.3 Å². The van der Waals surface area contributed by atoms with E-state index in [0.29, 0.717) is 16.5 Å². The summed E-state index contributed by atoms with van der Waals surface area (Å²) < 4.78 is 5.08. The van der Waals surface area contributed by atoms with Gasteiger partial charge in [0.05, 0.1) is 22.7 Å². The number of hydrogen-bond donors (Lipinski definition) is 3. The number of ether oxygens (including phenoxy) is 1. The van der Waals surface area contributed by atoms with E-state index in [1.807, 2.05) is 0 Å². The van der Waals surface area contributed by atoms with E-state index in [4.69, 9.17) is 45.9 Å². The van der Waals surface area contributed by atoms with E-state index in [0.717, 1.165) is 29.7 Å². The van der Waals surface area contributed by atoms with Gasteiger partial charge in [-0.25, -0.2) is 0 Å². The second-order valence-electron chi connectivity index (χ2n) is 6.80. The molecule has 154 valence electrons. The molecule has 1 aromatic heterocycles. The Balaban J connectivity index is 1.78. The molecule has 3 rings (SSSR count). The lowest BCUT2D eigenvalue weighted by atomic mass is 9.88. The second-order valence-corrected chi connectivity index (χ2v) is 9.13. The number of carbonyl (C=O) groups is 2. The van der Waals surface area contributed by atoms with Gasteiger partial charge in [-0.3, -0.25) is 14.9 Å². The van der Waals surface area contributed by atoms with E-state index < -0.39 is 11.8 Å². The fraction of sp³-hybridized carbons (Fsp3) is 0.316. The predicted molar refractivity (Wildman–Crippen MR) is 121 cm³/mol. The van der Waals surface area contributed by atoms with E-state index in [1.54, 1.807) is 0 Å². The Kier molecular flexibility index (Phi) is 6.68. The van der Waals surface area contributed by atoms with E-state index in [1.165, 1.54) is 30.6 Å². The zero-order valence-corrected chi connectivity index (χ0v) is 18.9. The molecule has 0 saturated heterocycles. The Morgan fingerprint density at radius 1 is 1.31 bits per heavy atom. The molecule has 29 heavy (non-hydrogen) atoms. The number of fused-ring (bicyclic) bond motifs is 1. The highest BCUT2D eigenvalue weighted by Gasteiger charge is 2.27. The van der Waals surface area contributed by atoms with Crippen LogP contribution in [0.4, 0.5) is 5.00 Å². The molecule has 1 atom stereocenters. The Labute approximate surface area is 187 Å². The minimum Gasteiger partial charge on any atom is -0.494 e. The summed E-state index contributed by atoms with van der Waals surface area (Å²) in [5, 5.41) is 6.53. The maximum atomic E-state index is 12.5. The summed E-state index contributed by atoms with van der Waals surface area (Å²) >= 11 is 18.9. The number of hydrogen-bond acceptors (Lipinski definition) is 5. The first-order chi connectivity index (χ1) is 13.7. The minimum atomic E-state index is -0.512. The number of primary amides is 1. The fourth-order valence-corrected chi connectivity index (χ4v) is 5.62. The Morgan fingerprint density at radius 3 is 2.55 bits per heavy atom. The van der Waals surface area contributed by atoms with E-state index >= 15 is 0 Å². The zero-order chi connectivity index (χ0) is 21.3. The maximum Gasteiger partial charge on any atom is 0.257 e. The number of thiocarbonyl (C=S) groups is 1. The van der Waals surface area contributed by atoms with Crippen LogP contribution in [-0.4, -0.2) is 24.0 Å². The summed E-state index contributed by atoms with van der Waals surface area (Å²) in [4.78, 5) is 25.7. The van der Waals surface area contributed by atoms with Crippen LogP contribution in [0.25, 0.3) is 0 Å². The van der Waals surface area contributed by atoms with Crippen molar-refractivity contribution in [2.75, 3.05) is 12.4 Å². The van der Waals surface area contributed by atoms with Crippen LogP contribution in [0.1, 0.15) is 44.5 Å². The molecule has 1 aromatic carbocycles. The van der Waals surface area contributed by atoms with Gasteiger partial charge >= 0.3 is 0 Å². The molecule has 4 N–H and O–H groups in total. The van der Waals surface area contributed by atoms with Crippen molar-refractivity contribution in [2.24, 2.45) is 11.7 Å². The van der Waals surface area contributed by atoms with Gasteiger partial charge in [-0.15, -0.1) is 11.3 Å². The van der Waals surface area contributed by atoms with Gasteiger partial charge in [0.1, 0.15) is 5.00 Å². The Morgan fingerprint density at radius 2 is 1.97 bits per heavy atom. The monoisotopic (exact) mass is 471 g/mol. The smallest absolute Gasteiger partial charge is 0.257 e. The number of rotatable bonds is 4. The Hall–Kier alpha value is -1.87. The van der Waals surface area contributed by atoms with Crippen LogP contribution in [-0.2, 0) is 12.8 Å². The fourth-order valence-electron chi connectivity index (χ4n) is 3.30. The van der Waals surface area contributed by atoms with Crippen LogP contribution in [0.2, 0.25) is 10.0 Å². The molecule has 6 nitrogen and oxygen atoms in total. The highest BCUT2D eigenvalue weighted by atomic mass is 35.5. The number of amides is 2. The second kappa shape index (κ2) is 8.87. The van der Waals surface area contributed by atoms with Crippen LogP contribution in [0.5, 0.6) is 5.75 Å². The number of methoxy groups -OCH3 is 1. The van der Waals surface area contributed by atoms with Gasteiger partial charge in [0.25, 0.3) is 11.8 Å². The van der Waals surface area contributed by atoms with E-state index in [9.17, 15) is 9.59 Å². The molecule has 0 unspecified atom stereocenters. The highest BCUT2D eigenvalue weighted by Crippen LogP contribution is 2.39. The van der Waals surface area contributed by atoms with Crippen LogP contribution in [0.3, 0.4) is 0 Å². The average Bonchev–Trinajstić information content (AvgIpc) is 2.97. The average molecular weight is 472 g/mol. The summed E-state index contributed by atoms with van der Waals surface area (Å²) in [6, 6.07) is 2.87. The number of benzene rings is 1. The van der Waals surface area contributed by atoms with E-state index in [-0.39, 0.29) is 26.5 Å². The number of nitrogens with one attached hydrogen (secondary N) is 2. The van der Waals surface area contributed by atoms with Gasteiger partial charge in [0, 0.05) is 10.4 Å². The minimum absolute atomic E-state index is 0.0483. The van der Waals surface area contributed by atoms with Crippen LogP contribution < -0.4 is 21.1 Å². The molecule has 0 saturated carbocycles. The topological polar surface area (TPSA) is 93.4 Å². The molecule has 1 heterocycles. The molecule has 0 spiro atoms. The molecule has 0 bridgehead atoms. The number of carbonyl (C=O) groups excluding carboxylic acids is 2. The molecule has 10 heteroatoms. The summed E-state index contributed by atoms with van der Waals surface area (Å²) in [6.45, 7) is 2.18. The quantitative estimate of drug-likeness (QED) is 0.573. The predicted octanol–water partition coefficient (Wildman–Crippen LogP) is 4.41. The number of nitrogens with two attached hydrogens (primary N) is 1. The van der Waals surface area contributed by atoms with Gasteiger partial charge in [-0.05, 0) is 55.1 Å². The van der Waals surface area contributed by atoms with Crippen molar-refractivity contribution in [1.82, 2.24) is 5.32 Å². The first-order valence-electron chi connectivity index (χ1n) is 8.81. The maximum absolute atomic E-state index is 12.5. The molecular formula is C19H19Cl2N3O3S2. The molecule has 0 fully saturated rings. The van der Waals surface area contributed by atoms with Crippen molar-refractivity contribution in [3.63, 3.8) is 0 Å². The van der Waals surface area contributed by atoms with Gasteiger partial charge in [-0.1, -0.05) is 30.1 Å². The molecule has 1 aliphatic carbocycles. The van der Waals surface area contributed by atoms with Gasteiger partial charge < -0.3 is 15.8 Å². The summed E-state index contributed by atoms with van der Waals surface area (Å²) in [5.41, 5.74) is 7.25. The van der Waals surface area contributed by atoms with Crippen LogP contribution in [0.15, 0.2) is 12.1 Å². The molecule has 2 aromatic rings. The lowest BCUT2D eigenvalue weighted by Gasteiger charge is -2.18. The first kappa shape index (κ1) is 21.8. The SMILES string of the molecule is COc1c(Cl)cc(C(=O)NC(=S)Nc2sc3c(c2C(N)=O)CC[C@@H](C)C3)cc1Cl. The highest BCUT2D eigenvalue weighted by molar-refractivity contribution is 7.80. The largest absolute Gasteiger partial charge is 0.494 e. The molecule has 0 radical (unpaired) electrons. The molecule has 0 aliphatic heterocycles. The van der Waals surface area contributed by atoms with Crippen molar-refractivity contribution >= 4 is 68.7 Å². The van der Waals surface area contributed by atoms with E-state index in [2.05, 4.69) is 17.6 Å². The van der Waals surface area contributed by atoms with Crippen molar-refractivity contribution in [1.29, 1.82) is 0 Å². The molecule has 2 amide bonds. The van der Waals surface area contributed by atoms with Crippen LogP contribution in [0, 0.1) is 5.92 Å². The third kappa shape index (κ3) is 4.66. The van der Waals surface area contributed by atoms with Crippen molar-refractivity contribution in [2.45, 2.75) is 26.2 Å². The normalized spacial score (nSPS) is 15.4.